The van der Waals surface area contributed by atoms with Crippen molar-refractivity contribution >= 4 is 0 Å². The van der Waals surface area contributed by atoms with Gasteiger partial charge in [-0.15, -0.1) is 0 Å². The first-order chi connectivity index (χ1) is 8.60. The molecule has 1 aliphatic rings. The van der Waals surface area contributed by atoms with E-state index < -0.39 is 0 Å². The summed E-state index contributed by atoms with van der Waals surface area (Å²) in [6.07, 6.45) is 4.56. The molecule has 1 atom stereocenters. The van der Waals surface area contributed by atoms with Crippen molar-refractivity contribution in [1.82, 2.24) is 0 Å². The molecular weight excluding hydrogens is 230 g/mol. The Morgan fingerprint density at radius 1 is 1.05 bits per heavy atom. The van der Waals surface area contributed by atoms with Crippen LogP contribution in [0.4, 0.5) is 0 Å². The van der Waals surface area contributed by atoms with Crippen LogP contribution in [0.3, 0.4) is 0 Å². The molecule has 1 aromatic carbocycles. The SMILES string of the molecule is CC1(C)CCC(N)(Cc2ccc(C(C)(C)C)cc2)C1. The second kappa shape index (κ2) is 4.63. The highest BCUT2D eigenvalue weighted by atomic mass is 14.8. The lowest BCUT2D eigenvalue weighted by atomic mass is 9.83. The van der Waals surface area contributed by atoms with Gasteiger partial charge in [-0.3, -0.25) is 0 Å². The Bertz CT molecular complexity index is 436. The predicted molar refractivity (Wildman–Crippen MR) is 83.4 cm³/mol. The van der Waals surface area contributed by atoms with Crippen LogP contribution in [-0.2, 0) is 11.8 Å². The molecule has 0 spiro atoms. The number of nitrogens with two attached hydrogens (primary N) is 1. The standard InChI is InChI=1S/C18H29N/c1-16(2,3)15-8-6-14(7-9-15)12-18(19)11-10-17(4,5)13-18/h6-9H,10-13,19H2,1-5H3. The van der Waals surface area contributed by atoms with Gasteiger partial charge in [-0.2, -0.15) is 0 Å². The van der Waals surface area contributed by atoms with E-state index in [1.807, 2.05) is 0 Å². The highest BCUT2D eigenvalue weighted by Gasteiger charge is 2.40. The molecule has 0 amide bonds. The fraction of sp³-hybridized carbons (Fsp3) is 0.667. The predicted octanol–water partition coefficient (Wildman–Crippen LogP) is 4.43. The van der Waals surface area contributed by atoms with Gasteiger partial charge in [-0.05, 0) is 47.6 Å². The van der Waals surface area contributed by atoms with Crippen LogP contribution in [0, 0.1) is 5.41 Å². The van der Waals surface area contributed by atoms with E-state index in [1.165, 1.54) is 17.5 Å². The van der Waals surface area contributed by atoms with Crippen LogP contribution in [0.25, 0.3) is 0 Å². The van der Waals surface area contributed by atoms with E-state index in [0.717, 1.165) is 19.3 Å². The maximum atomic E-state index is 6.59. The second-order valence-corrected chi connectivity index (χ2v) is 8.33. The summed E-state index contributed by atoms with van der Waals surface area (Å²) in [6.45, 7) is 11.4. The highest BCUT2D eigenvalue weighted by Crippen LogP contribution is 2.43. The molecule has 2 N–H and O–H groups in total. The summed E-state index contributed by atoms with van der Waals surface area (Å²) < 4.78 is 0. The van der Waals surface area contributed by atoms with E-state index in [4.69, 9.17) is 5.73 Å². The Morgan fingerprint density at radius 3 is 2.05 bits per heavy atom. The third-order valence-corrected chi connectivity index (χ3v) is 4.51. The van der Waals surface area contributed by atoms with Crippen molar-refractivity contribution in [2.75, 3.05) is 0 Å². The molecule has 0 bridgehead atoms. The number of hydrogen-bond acceptors (Lipinski definition) is 1. The molecule has 19 heavy (non-hydrogen) atoms. The van der Waals surface area contributed by atoms with Gasteiger partial charge in [0.15, 0.2) is 0 Å². The number of benzene rings is 1. The van der Waals surface area contributed by atoms with Crippen molar-refractivity contribution in [2.45, 2.75) is 71.3 Å². The fourth-order valence-corrected chi connectivity index (χ4v) is 3.40. The first-order valence-corrected chi connectivity index (χ1v) is 7.48. The summed E-state index contributed by atoms with van der Waals surface area (Å²) in [4.78, 5) is 0. The van der Waals surface area contributed by atoms with Crippen LogP contribution in [0.1, 0.15) is 65.0 Å². The average Bonchev–Trinajstić information content (AvgIpc) is 2.52. The van der Waals surface area contributed by atoms with Gasteiger partial charge in [0.25, 0.3) is 0 Å². The van der Waals surface area contributed by atoms with Crippen molar-refractivity contribution in [3.05, 3.63) is 35.4 Å². The van der Waals surface area contributed by atoms with E-state index in [2.05, 4.69) is 58.9 Å². The minimum absolute atomic E-state index is 0.00670. The minimum atomic E-state index is 0.00670. The lowest BCUT2D eigenvalue weighted by molar-refractivity contribution is 0.334. The van der Waals surface area contributed by atoms with E-state index in [0.29, 0.717) is 5.41 Å². The van der Waals surface area contributed by atoms with Crippen LogP contribution in [-0.4, -0.2) is 5.54 Å². The van der Waals surface area contributed by atoms with Crippen molar-refractivity contribution in [2.24, 2.45) is 11.1 Å². The van der Waals surface area contributed by atoms with Crippen molar-refractivity contribution < 1.29 is 0 Å². The molecule has 1 saturated carbocycles. The Kier molecular flexibility index (Phi) is 3.55. The Hall–Kier alpha value is -0.820. The summed E-state index contributed by atoms with van der Waals surface area (Å²) in [5.74, 6) is 0. The first kappa shape index (κ1) is 14.6. The molecule has 2 rings (SSSR count). The van der Waals surface area contributed by atoms with E-state index >= 15 is 0 Å². The monoisotopic (exact) mass is 259 g/mol. The third kappa shape index (κ3) is 3.60. The van der Waals surface area contributed by atoms with Gasteiger partial charge in [-0.25, -0.2) is 0 Å². The van der Waals surface area contributed by atoms with Gasteiger partial charge >= 0.3 is 0 Å². The molecule has 0 saturated heterocycles. The molecule has 1 aromatic rings. The van der Waals surface area contributed by atoms with Crippen molar-refractivity contribution in [1.29, 1.82) is 0 Å². The zero-order valence-electron chi connectivity index (χ0n) is 13.2. The zero-order chi connectivity index (χ0) is 14.3. The van der Waals surface area contributed by atoms with Crippen molar-refractivity contribution in [3.63, 3.8) is 0 Å². The van der Waals surface area contributed by atoms with Gasteiger partial charge in [0.2, 0.25) is 0 Å². The summed E-state index contributed by atoms with van der Waals surface area (Å²) >= 11 is 0. The van der Waals surface area contributed by atoms with Gasteiger partial charge in [0, 0.05) is 5.54 Å². The average molecular weight is 259 g/mol. The molecule has 1 nitrogen and oxygen atoms in total. The minimum Gasteiger partial charge on any atom is -0.325 e. The van der Waals surface area contributed by atoms with Gasteiger partial charge in [0.05, 0.1) is 0 Å². The van der Waals surface area contributed by atoms with Crippen LogP contribution in [0.2, 0.25) is 0 Å². The zero-order valence-corrected chi connectivity index (χ0v) is 13.2. The first-order valence-electron chi connectivity index (χ1n) is 7.48. The van der Waals surface area contributed by atoms with Crippen LogP contribution < -0.4 is 5.73 Å². The molecule has 0 heterocycles. The smallest absolute Gasteiger partial charge is 0.0200 e. The van der Waals surface area contributed by atoms with Crippen LogP contribution >= 0.6 is 0 Å². The summed E-state index contributed by atoms with van der Waals surface area (Å²) in [6, 6.07) is 9.05. The van der Waals surface area contributed by atoms with Gasteiger partial charge in [-0.1, -0.05) is 58.9 Å². The van der Waals surface area contributed by atoms with E-state index in [9.17, 15) is 0 Å². The van der Waals surface area contributed by atoms with E-state index in [1.54, 1.807) is 0 Å². The maximum Gasteiger partial charge on any atom is 0.0200 e. The Morgan fingerprint density at radius 2 is 1.63 bits per heavy atom. The number of hydrogen-bond donors (Lipinski definition) is 1. The van der Waals surface area contributed by atoms with Gasteiger partial charge in [0.1, 0.15) is 0 Å². The van der Waals surface area contributed by atoms with Crippen LogP contribution in [0.15, 0.2) is 24.3 Å². The fourth-order valence-electron chi connectivity index (χ4n) is 3.40. The largest absolute Gasteiger partial charge is 0.325 e. The summed E-state index contributed by atoms with van der Waals surface area (Å²) in [5.41, 5.74) is 10.0. The Balaban J connectivity index is 2.08. The van der Waals surface area contributed by atoms with E-state index in [-0.39, 0.29) is 11.0 Å². The normalized spacial score (nSPS) is 26.6. The molecule has 1 heteroatoms. The molecule has 106 valence electrons. The summed E-state index contributed by atoms with van der Waals surface area (Å²) in [7, 11) is 0. The summed E-state index contributed by atoms with van der Waals surface area (Å²) in [5, 5.41) is 0. The van der Waals surface area contributed by atoms with Crippen molar-refractivity contribution in [3.8, 4) is 0 Å². The highest BCUT2D eigenvalue weighted by molar-refractivity contribution is 5.29. The maximum absolute atomic E-state index is 6.59. The third-order valence-electron chi connectivity index (χ3n) is 4.51. The molecule has 1 fully saturated rings. The molecule has 0 aromatic heterocycles. The molecule has 0 radical (unpaired) electrons. The Labute approximate surface area is 118 Å². The lowest BCUT2D eigenvalue weighted by Crippen LogP contribution is -2.40. The van der Waals surface area contributed by atoms with Crippen LogP contribution in [0.5, 0.6) is 0 Å². The quantitative estimate of drug-likeness (QED) is 0.835. The number of rotatable bonds is 2. The molecule has 0 aliphatic heterocycles. The molecular formula is C18H29N. The lowest BCUT2D eigenvalue weighted by Gasteiger charge is -2.27. The second-order valence-electron chi connectivity index (χ2n) is 8.33. The molecule has 1 unspecified atom stereocenters. The molecule has 1 aliphatic carbocycles. The van der Waals surface area contributed by atoms with Gasteiger partial charge < -0.3 is 5.73 Å². The topological polar surface area (TPSA) is 26.0 Å².